The third kappa shape index (κ3) is 5.43. The van der Waals surface area contributed by atoms with Crippen LogP contribution in [0.5, 0.6) is 0 Å². The van der Waals surface area contributed by atoms with Crippen molar-refractivity contribution in [3.05, 3.63) is 109 Å². The SMILES string of the molecule is NCNc1ccccc1.O=C(Nc1ccccc1)c1ccc2ccccc2c1. The maximum atomic E-state index is 12.1. The van der Waals surface area contributed by atoms with Crippen LogP contribution in [0.15, 0.2) is 103 Å². The highest BCUT2D eigenvalue weighted by molar-refractivity contribution is 6.06. The van der Waals surface area contributed by atoms with Gasteiger partial charge in [-0.3, -0.25) is 4.79 Å². The molecule has 140 valence electrons. The Morgan fingerprint density at radius 1 is 0.679 bits per heavy atom. The maximum Gasteiger partial charge on any atom is 0.255 e. The zero-order chi connectivity index (χ0) is 19.6. The van der Waals surface area contributed by atoms with Crippen LogP contribution in [0.4, 0.5) is 11.4 Å². The summed E-state index contributed by atoms with van der Waals surface area (Å²) in [6, 6.07) is 33.1. The summed E-state index contributed by atoms with van der Waals surface area (Å²) in [6.07, 6.45) is 0. The maximum absolute atomic E-state index is 12.1. The second kappa shape index (κ2) is 9.90. The minimum absolute atomic E-state index is 0.0862. The normalized spacial score (nSPS) is 9.89. The van der Waals surface area contributed by atoms with Crippen molar-refractivity contribution in [1.29, 1.82) is 0 Å². The lowest BCUT2D eigenvalue weighted by atomic mass is 10.1. The van der Waals surface area contributed by atoms with Crippen molar-refractivity contribution >= 4 is 28.1 Å². The van der Waals surface area contributed by atoms with Crippen molar-refractivity contribution in [3.8, 4) is 0 Å². The predicted octanol–water partition coefficient (Wildman–Crippen LogP) is 5.11. The molecule has 0 fully saturated rings. The van der Waals surface area contributed by atoms with Gasteiger partial charge in [-0.15, -0.1) is 0 Å². The molecule has 0 atom stereocenters. The Labute approximate surface area is 165 Å². The monoisotopic (exact) mass is 369 g/mol. The molecule has 0 saturated heterocycles. The number of amides is 1. The third-order valence-electron chi connectivity index (χ3n) is 4.12. The molecule has 0 unspecified atom stereocenters. The molecular formula is C24H23N3O. The van der Waals surface area contributed by atoms with Crippen LogP contribution in [-0.2, 0) is 0 Å². The Balaban J connectivity index is 0.000000211. The number of hydrogen-bond donors (Lipinski definition) is 3. The summed E-state index contributed by atoms with van der Waals surface area (Å²) in [5, 5.41) is 8.08. The lowest BCUT2D eigenvalue weighted by molar-refractivity contribution is 0.102. The van der Waals surface area contributed by atoms with Crippen LogP contribution in [0.25, 0.3) is 10.8 Å². The lowest BCUT2D eigenvalue weighted by Gasteiger charge is -2.06. The van der Waals surface area contributed by atoms with E-state index in [4.69, 9.17) is 5.73 Å². The summed E-state index contributed by atoms with van der Waals surface area (Å²) in [5.41, 5.74) is 7.79. The molecule has 4 N–H and O–H groups in total. The van der Waals surface area contributed by atoms with Crippen LogP contribution in [0.1, 0.15) is 10.4 Å². The average molecular weight is 369 g/mol. The molecule has 0 radical (unpaired) electrons. The molecule has 0 heterocycles. The Kier molecular flexibility index (Phi) is 6.77. The summed E-state index contributed by atoms with van der Waals surface area (Å²) >= 11 is 0. The van der Waals surface area contributed by atoms with Gasteiger partial charge in [0.1, 0.15) is 0 Å². The number of nitrogens with two attached hydrogens (primary N) is 1. The van der Waals surface area contributed by atoms with Crippen molar-refractivity contribution in [3.63, 3.8) is 0 Å². The van der Waals surface area contributed by atoms with Crippen molar-refractivity contribution in [2.45, 2.75) is 0 Å². The first-order valence-corrected chi connectivity index (χ1v) is 9.10. The third-order valence-corrected chi connectivity index (χ3v) is 4.12. The van der Waals surface area contributed by atoms with Gasteiger partial charge in [-0.05, 0) is 47.2 Å². The first-order valence-electron chi connectivity index (χ1n) is 9.10. The largest absolute Gasteiger partial charge is 0.373 e. The van der Waals surface area contributed by atoms with Crippen molar-refractivity contribution in [1.82, 2.24) is 0 Å². The summed E-state index contributed by atoms with van der Waals surface area (Å²) in [6.45, 7) is 0.490. The zero-order valence-corrected chi connectivity index (χ0v) is 15.5. The van der Waals surface area contributed by atoms with E-state index in [1.807, 2.05) is 103 Å². The summed E-state index contributed by atoms with van der Waals surface area (Å²) in [4.78, 5) is 12.1. The van der Waals surface area contributed by atoms with E-state index >= 15 is 0 Å². The lowest BCUT2D eigenvalue weighted by Crippen LogP contribution is -2.11. The first kappa shape index (κ1) is 19.1. The van der Waals surface area contributed by atoms with Crippen LogP contribution in [0, 0.1) is 0 Å². The van der Waals surface area contributed by atoms with Gasteiger partial charge < -0.3 is 16.4 Å². The molecule has 4 aromatic rings. The molecule has 4 rings (SSSR count). The standard InChI is InChI=1S/C17H13NO.C7H10N2/c19-17(18-16-8-2-1-3-9-16)15-11-10-13-6-4-5-7-14(13)12-15;8-6-9-7-4-2-1-3-5-7/h1-12H,(H,18,19);1-5,9H,6,8H2. The fraction of sp³-hybridized carbons (Fsp3) is 0.0417. The number of carbonyl (C=O) groups excluding carboxylic acids is 1. The number of carbonyl (C=O) groups is 1. The zero-order valence-electron chi connectivity index (χ0n) is 15.5. The van der Waals surface area contributed by atoms with Crippen LogP contribution in [-0.4, -0.2) is 12.6 Å². The van der Waals surface area contributed by atoms with Gasteiger partial charge in [-0.25, -0.2) is 0 Å². The average Bonchev–Trinajstić information content (AvgIpc) is 2.75. The quantitative estimate of drug-likeness (QED) is 0.438. The number of nitrogens with one attached hydrogen (secondary N) is 2. The molecule has 0 aromatic heterocycles. The number of anilines is 2. The van der Waals surface area contributed by atoms with E-state index in [0.29, 0.717) is 12.2 Å². The van der Waals surface area contributed by atoms with Gasteiger partial charge in [0.15, 0.2) is 0 Å². The van der Waals surface area contributed by atoms with E-state index in [2.05, 4.69) is 10.6 Å². The molecular weight excluding hydrogens is 346 g/mol. The van der Waals surface area contributed by atoms with E-state index in [1.165, 1.54) is 0 Å². The summed E-state index contributed by atoms with van der Waals surface area (Å²) in [7, 11) is 0. The molecule has 4 heteroatoms. The van der Waals surface area contributed by atoms with E-state index in [-0.39, 0.29) is 5.91 Å². The molecule has 28 heavy (non-hydrogen) atoms. The van der Waals surface area contributed by atoms with Crippen LogP contribution < -0.4 is 16.4 Å². The Morgan fingerprint density at radius 3 is 1.89 bits per heavy atom. The minimum atomic E-state index is -0.0862. The van der Waals surface area contributed by atoms with Crippen LogP contribution in [0.3, 0.4) is 0 Å². The van der Waals surface area contributed by atoms with Gasteiger partial charge in [-0.2, -0.15) is 0 Å². The highest BCUT2D eigenvalue weighted by Gasteiger charge is 2.06. The van der Waals surface area contributed by atoms with Crippen LogP contribution >= 0.6 is 0 Å². The molecule has 0 aliphatic rings. The second-order valence-corrected chi connectivity index (χ2v) is 6.13. The van der Waals surface area contributed by atoms with E-state index in [9.17, 15) is 4.79 Å². The highest BCUT2D eigenvalue weighted by Crippen LogP contribution is 2.17. The number of benzene rings is 4. The molecule has 4 nitrogen and oxygen atoms in total. The molecule has 0 aliphatic carbocycles. The molecule has 0 bridgehead atoms. The smallest absolute Gasteiger partial charge is 0.255 e. The summed E-state index contributed by atoms with van der Waals surface area (Å²) < 4.78 is 0. The number of hydrogen-bond acceptors (Lipinski definition) is 3. The molecule has 4 aromatic carbocycles. The van der Waals surface area contributed by atoms with E-state index < -0.39 is 0 Å². The predicted molar refractivity (Wildman–Crippen MR) is 117 cm³/mol. The fourth-order valence-corrected chi connectivity index (χ4v) is 2.73. The Morgan fingerprint density at radius 2 is 1.25 bits per heavy atom. The van der Waals surface area contributed by atoms with Crippen molar-refractivity contribution in [2.24, 2.45) is 5.73 Å². The molecule has 0 saturated carbocycles. The number of para-hydroxylation sites is 2. The van der Waals surface area contributed by atoms with Crippen molar-refractivity contribution in [2.75, 3.05) is 17.3 Å². The van der Waals surface area contributed by atoms with Gasteiger partial charge in [0.05, 0.1) is 6.67 Å². The van der Waals surface area contributed by atoms with Crippen LogP contribution in [0.2, 0.25) is 0 Å². The van der Waals surface area contributed by atoms with Gasteiger partial charge in [-0.1, -0.05) is 66.7 Å². The second-order valence-electron chi connectivity index (χ2n) is 6.13. The number of rotatable bonds is 4. The Bertz CT molecular complexity index is 1020. The van der Waals surface area contributed by atoms with E-state index in [1.54, 1.807) is 0 Å². The first-order chi connectivity index (χ1) is 13.8. The van der Waals surface area contributed by atoms with E-state index in [0.717, 1.165) is 22.1 Å². The molecule has 0 spiro atoms. The van der Waals surface area contributed by atoms with Gasteiger partial charge in [0, 0.05) is 16.9 Å². The fourth-order valence-electron chi connectivity index (χ4n) is 2.73. The summed E-state index contributed by atoms with van der Waals surface area (Å²) in [5.74, 6) is -0.0862. The number of fused-ring (bicyclic) bond motifs is 1. The Hall–Kier alpha value is -3.63. The van der Waals surface area contributed by atoms with Gasteiger partial charge in [0.25, 0.3) is 5.91 Å². The minimum Gasteiger partial charge on any atom is -0.373 e. The molecule has 1 amide bonds. The van der Waals surface area contributed by atoms with Gasteiger partial charge >= 0.3 is 0 Å². The topological polar surface area (TPSA) is 67.1 Å². The van der Waals surface area contributed by atoms with Crippen molar-refractivity contribution < 1.29 is 4.79 Å². The highest BCUT2D eigenvalue weighted by atomic mass is 16.1. The van der Waals surface area contributed by atoms with Gasteiger partial charge in [0.2, 0.25) is 0 Å². The molecule has 0 aliphatic heterocycles.